The van der Waals surface area contributed by atoms with Crippen LogP contribution < -0.4 is 4.74 Å². The molecule has 22 heavy (non-hydrogen) atoms. The van der Waals surface area contributed by atoms with E-state index in [0.717, 1.165) is 31.7 Å². The molecular formula is C19H29NO2. The third-order valence-corrected chi connectivity index (χ3v) is 4.03. The van der Waals surface area contributed by atoms with Gasteiger partial charge in [0.25, 0.3) is 0 Å². The summed E-state index contributed by atoms with van der Waals surface area (Å²) in [4.78, 5) is 14.4. The van der Waals surface area contributed by atoms with E-state index in [4.69, 9.17) is 4.74 Å². The molecule has 1 aliphatic heterocycles. The molecule has 1 amide bonds. The summed E-state index contributed by atoms with van der Waals surface area (Å²) in [6.45, 7) is 10.9. The topological polar surface area (TPSA) is 29.5 Å². The lowest BCUT2D eigenvalue weighted by atomic mass is 9.90. The first-order valence-electron chi connectivity index (χ1n) is 8.31. The van der Waals surface area contributed by atoms with Gasteiger partial charge in [0.15, 0.2) is 0 Å². The first-order chi connectivity index (χ1) is 10.3. The summed E-state index contributed by atoms with van der Waals surface area (Å²) < 4.78 is 5.92. The highest BCUT2D eigenvalue weighted by molar-refractivity contribution is 5.76. The monoisotopic (exact) mass is 303 g/mol. The number of hydrogen-bond donors (Lipinski definition) is 0. The Hall–Kier alpha value is -1.51. The van der Waals surface area contributed by atoms with E-state index < -0.39 is 0 Å². The summed E-state index contributed by atoms with van der Waals surface area (Å²) in [5.41, 5.74) is 1.27. The molecule has 0 bridgehead atoms. The minimum Gasteiger partial charge on any atom is -0.493 e. The Morgan fingerprint density at radius 1 is 1.36 bits per heavy atom. The molecular weight excluding hydrogens is 274 g/mol. The van der Waals surface area contributed by atoms with Crippen molar-refractivity contribution in [2.75, 3.05) is 19.7 Å². The molecule has 0 saturated carbocycles. The van der Waals surface area contributed by atoms with Crippen LogP contribution in [0.3, 0.4) is 0 Å². The predicted molar refractivity (Wildman–Crippen MR) is 90.1 cm³/mol. The number of carbonyl (C=O) groups is 1. The van der Waals surface area contributed by atoms with E-state index in [9.17, 15) is 4.79 Å². The zero-order valence-corrected chi connectivity index (χ0v) is 14.4. The van der Waals surface area contributed by atoms with E-state index in [1.165, 1.54) is 5.56 Å². The Bertz CT molecular complexity index is 504. The SMILES string of the molecule is Cc1cccc(OCC2CCCN(C(=O)CC(C)(C)C)C2)c1. The third kappa shape index (κ3) is 5.36. The molecule has 0 aliphatic carbocycles. The highest BCUT2D eigenvalue weighted by atomic mass is 16.5. The Kier molecular flexibility index (Phi) is 5.49. The molecule has 0 aromatic heterocycles. The van der Waals surface area contributed by atoms with E-state index in [1.807, 2.05) is 17.0 Å². The quantitative estimate of drug-likeness (QED) is 0.840. The average molecular weight is 303 g/mol. The number of piperidine rings is 1. The summed E-state index contributed by atoms with van der Waals surface area (Å²) in [6.07, 6.45) is 2.85. The maximum absolute atomic E-state index is 12.4. The normalized spacial score (nSPS) is 19.1. The Morgan fingerprint density at radius 2 is 2.14 bits per heavy atom. The van der Waals surface area contributed by atoms with Crippen molar-refractivity contribution in [1.29, 1.82) is 0 Å². The van der Waals surface area contributed by atoms with Gasteiger partial charge in [0.1, 0.15) is 5.75 Å². The van der Waals surface area contributed by atoms with Crippen LogP contribution in [0.5, 0.6) is 5.75 Å². The number of rotatable bonds is 4. The minimum absolute atomic E-state index is 0.0576. The number of amides is 1. The van der Waals surface area contributed by atoms with Crippen molar-refractivity contribution in [3.05, 3.63) is 29.8 Å². The lowest BCUT2D eigenvalue weighted by Gasteiger charge is -2.34. The summed E-state index contributed by atoms with van der Waals surface area (Å²) >= 11 is 0. The molecule has 1 atom stereocenters. The van der Waals surface area contributed by atoms with Crippen LogP contribution in [0.25, 0.3) is 0 Å². The van der Waals surface area contributed by atoms with Gasteiger partial charge in [-0.15, -0.1) is 0 Å². The van der Waals surface area contributed by atoms with Gasteiger partial charge in [0.2, 0.25) is 5.91 Å². The number of aryl methyl sites for hydroxylation is 1. The van der Waals surface area contributed by atoms with E-state index in [1.54, 1.807) is 0 Å². The van der Waals surface area contributed by atoms with Crippen LogP contribution in [0.1, 0.15) is 45.6 Å². The van der Waals surface area contributed by atoms with Crippen molar-refractivity contribution in [2.45, 2.75) is 47.0 Å². The minimum atomic E-state index is 0.0576. The number of nitrogens with zero attached hydrogens (tertiary/aromatic N) is 1. The number of likely N-dealkylation sites (tertiary alicyclic amines) is 1. The fourth-order valence-electron chi connectivity index (χ4n) is 2.91. The van der Waals surface area contributed by atoms with Crippen molar-refractivity contribution in [3.63, 3.8) is 0 Å². The van der Waals surface area contributed by atoms with Crippen LogP contribution >= 0.6 is 0 Å². The van der Waals surface area contributed by atoms with Gasteiger partial charge in [-0.1, -0.05) is 32.9 Å². The fourth-order valence-corrected chi connectivity index (χ4v) is 2.91. The van der Waals surface area contributed by atoms with Crippen LogP contribution in [-0.2, 0) is 4.79 Å². The molecule has 0 radical (unpaired) electrons. The molecule has 0 spiro atoms. The largest absolute Gasteiger partial charge is 0.493 e. The number of ether oxygens (including phenoxy) is 1. The number of carbonyl (C=O) groups excluding carboxylic acids is 1. The lowest BCUT2D eigenvalue weighted by molar-refractivity contribution is -0.135. The van der Waals surface area contributed by atoms with Crippen molar-refractivity contribution >= 4 is 5.91 Å². The molecule has 1 aliphatic rings. The molecule has 1 aromatic carbocycles. The van der Waals surface area contributed by atoms with Crippen molar-refractivity contribution in [2.24, 2.45) is 11.3 Å². The molecule has 122 valence electrons. The van der Waals surface area contributed by atoms with Gasteiger partial charge in [-0.25, -0.2) is 0 Å². The molecule has 2 rings (SSSR count). The average Bonchev–Trinajstić information content (AvgIpc) is 2.44. The molecule has 3 heteroatoms. The van der Waals surface area contributed by atoms with E-state index in [-0.39, 0.29) is 11.3 Å². The van der Waals surface area contributed by atoms with Gasteiger partial charge in [-0.3, -0.25) is 4.79 Å². The molecule has 1 unspecified atom stereocenters. The molecule has 1 aromatic rings. The van der Waals surface area contributed by atoms with Crippen LogP contribution in [0.15, 0.2) is 24.3 Å². The molecule has 1 saturated heterocycles. The van der Waals surface area contributed by atoms with Crippen LogP contribution in [0, 0.1) is 18.3 Å². The van der Waals surface area contributed by atoms with Gasteiger partial charge in [-0.05, 0) is 42.9 Å². The maximum atomic E-state index is 12.4. The molecule has 1 fully saturated rings. The van der Waals surface area contributed by atoms with E-state index >= 15 is 0 Å². The van der Waals surface area contributed by atoms with E-state index in [2.05, 4.69) is 39.8 Å². The molecule has 1 heterocycles. The van der Waals surface area contributed by atoms with Gasteiger partial charge in [0.05, 0.1) is 6.61 Å². The first kappa shape index (κ1) is 16.9. The summed E-state index contributed by atoms with van der Waals surface area (Å²) in [5.74, 6) is 1.66. The second-order valence-corrected chi connectivity index (χ2v) is 7.71. The van der Waals surface area contributed by atoms with Crippen LogP contribution in [0.2, 0.25) is 0 Å². The third-order valence-electron chi connectivity index (χ3n) is 4.03. The predicted octanol–water partition coefficient (Wildman–Crippen LogP) is 4.05. The maximum Gasteiger partial charge on any atom is 0.223 e. The van der Waals surface area contributed by atoms with Gasteiger partial charge < -0.3 is 9.64 Å². The summed E-state index contributed by atoms with van der Waals surface area (Å²) in [6, 6.07) is 8.15. The van der Waals surface area contributed by atoms with E-state index in [0.29, 0.717) is 18.9 Å². The fraction of sp³-hybridized carbons (Fsp3) is 0.632. The Labute approximate surface area is 134 Å². The number of hydrogen-bond acceptors (Lipinski definition) is 2. The second kappa shape index (κ2) is 7.17. The highest BCUT2D eigenvalue weighted by Gasteiger charge is 2.26. The summed E-state index contributed by atoms with van der Waals surface area (Å²) in [7, 11) is 0. The number of benzene rings is 1. The van der Waals surface area contributed by atoms with Crippen molar-refractivity contribution < 1.29 is 9.53 Å². The highest BCUT2D eigenvalue weighted by Crippen LogP contribution is 2.24. The smallest absolute Gasteiger partial charge is 0.223 e. The second-order valence-electron chi connectivity index (χ2n) is 7.71. The van der Waals surface area contributed by atoms with Crippen LogP contribution in [-0.4, -0.2) is 30.5 Å². The standard InChI is InChI=1S/C19H29NO2/c1-15-7-5-9-17(11-15)22-14-16-8-6-10-20(13-16)18(21)12-19(2,3)4/h5,7,9,11,16H,6,8,10,12-14H2,1-4H3. The van der Waals surface area contributed by atoms with Crippen LogP contribution in [0.4, 0.5) is 0 Å². The Morgan fingerprint density at radius 3 is 2.82 bits per heavy atom. The molecule has 0 N–H and O–H groups in total. The Balaban J connectivity index is 1.84. The van der Waals surface area contributed by atoms with Crippen molar-refractivity contribution in [1.82, 2.24) is 4.90 Å². The van der Waals surface area contributed by atoms with Crippen molar-refractivity contribution in [3.8, 4) is 5.75 Å². The van der Waals surface area contributed by atoms with Gasteiger partial charge in [-0.2, -0.15) is 0 Å². The molecule has 3 nitrogen and oxygen atoms in total. The summed E-state index contributed by atoms with van der Waals surface area (Å²) in [5, 5.41) is 0. The van der Waals surface area contributed by atoms with Gasteiger partial charge >= 0.3 is 0 Å². The van der Waals surface area contributed by atoms with Gasteiger partial charge in [0, 0.05) is 25.4 Å². The lowest BCUT2D eigenvalue weighted by Crippen LogP contribution is -2.42. The zero-order valence-electron chi connectivity index (χ0n) is 14.4. The first-order valence-corrected chi connectivity index (χ1v) is 8.31. The zero-order chi connectivity index (χ0) is 16.2.